The lowest BCUT2D eigenvalue weighted by atomic mass is 10.0. The molecule has 2 nitrogen and oxygen atoms in total. The van der Waals surface area contributed by atoms with Gasteiger partial charge in [0.25, 0.3) is 0 Å². The van der Waals surface area contributed by atoms with Gasteiger partial charge in [-0.1, -0.05) is 24.3 Å². The normalized spacial score (nSPS) is 18.6. The minimum absolute atomic E-state index is 0.552. The van der Waals surface area contributed by atoms with Crippen LogP contribution in [0, 0.1) is 0 Å². The summed E-state index contributed by atoms with van der Waals surface area (Å²) in [6.07, 6.45) is 5.52. The molecule has 2 heteroatoms. The van der Waals surface area contributed by atoms with Crippen molar-refractivity contribution in [3.63, 3.8) is 0 Å². The lowest BCUT2D eigenvalue weighted by Crippen LogP contribution is -2.45. The van der Waals surface area contributed by atoms with Crippen molar-refractivity contribution in [3.05, 3.63) is 43.0 Å². The van der Waals surface area contributed by atoms with Gasteiger partial charge >= 0.3 is 0 Å². The molecule has 0 amide bonds. The fourth-order valence-electron chi connectivity index (χ4n) is 2.66. The topological polar surface area (TPSA) is 15.3 Å². The summed E-state index contributed by atoms with van der Waals surface area (Å²) >= 11 is 0. The number of nitrogens with one attached hydrogen (secondary N) is 1. The van der Waals surface area contributed by atoms with Crippen LogP contribution in [0.3, 0.4) is 0 Å². The van der Waals surface area contributed by atoms with Gasteiger partial charge in [-0.25, -0.2) is 0 Å². The van der Waals surface area contributed by atoms with Crippen LogP contribution < -0.4 is 10.2 Å². The molecule has 1 aliphatic heterocycles. The third-order valence-corrected chi connectivity index (χ3v) is 3.66. The van der Waals surface area contributed by atoms with Crippen LogP contribution >= 0.6 is 0 Å². The van der Waals surface area contributed by atoms with Crippen LogP contribution in [0.4, 0.5) is 5.69 Å². The number of hydrogen-bond acceptors (Lipinski definition) is 2. The maximum Gasteiger partial charge on any atom is 0.0366 e. The van der Waals surface area contributed by atoms with Crippen LogP contribution in [0.25, 0.3) is 0 Å². The van der Waals surface area contributed by atoms with Gasteiger partial charge in [0.15, 0.2) is 0 Å². The van der Waals surface area contributed by atoms with E-state index in [0.717, 1.165) is 19.5 Å². The van der Waals surface area contributed by atoms with Gasteiger partial charge in [0.05, 0.1) is 0 Å². The first-order chi connectivity index (χ1) is 8.79. The molecule has 0 radical (unpaired) electrons. The Bertz CT molecular complexity index is 353. The Kier molecular flexibility index (Phi) is 4.82. The minimum atomic E-state index is 0.552. The molecule has 1 N–H and O–H groups in total. The van der Waals surface area contributed by atoms with Gasteiger partial charge in [0.2, 0.25) is 0 Å². The minimum Gasteiger partial charge on any atom is -0.371 e. The Morgan fingerprint density at radius 3 is 2.61 bits per heavy atom. The number of rotatable bonds is 5. The van der Waals surface area contributed by atoms with Crippen LogP contribution in [-0.4, -0.2) is 25.2 Å². The predicted octanol–water partition coefficient (Wildman–Crippen LogP) is 3.21. The maximum absolute atomic E-state index is 3.80. The zero-order valence-corrected chi connectivity index (χ0v) is 11.3. The molecule has 1 aromatic rings. The van der Waals surface area contributed by atoms with E-state index in [4.69, 9.17) is 0 Å². The fraction of sp³-hybridized carbons (Fsp3) is 0.500. The van der Waals surface area contributed by atoms with E-state index < -0.39 is 0 Å². The van der Waals surface area contributed by atoms with Crippen molar-refractivity contribution in [2.75, 3.05) is 18.0 Å². The molecule has 1 atom stereocenters. The second kappa shape index (κ2) is 6.60. The van der Waals surface area contributed by atoms with Crippen molar-refractivity contribution in [2.24, 2.45) is 0 Å². The maximum atomic E-state index is 3.80. The molecule has 1 aromatic carbocycles. The first kappa shape index (κ1) is 13.2. The number of para-hydroxylation sites is 1. The van der Waals surface area contributed by atoms with E-state index in [2.05, 4.69) is 54.1 Å². The Balaban J connectivity index is 1.79. The van der Waals surface area contributed by atoms with Crippen molar-refractivity contribution in [3.8, 4) is 0 Å². The molecule has 1 saturated heterocycles. The molecule has 0 saturated carbocycles. The van der Waals surface area contributed by atoms with Gasteiger partial charge in [0, 0.05) is 30.9 Å². The molecule has 0 aromatic heterocycles. The van der Waals surface area contributed by atoms with Crippen molar-refractivity contribution in [1.29, 1.82) is 0 Å². The zero-order valence-electron chi connectivity index (χ0n) is 11.3. The molecule has 98 valence electrons. The van der Waals surface area contributed by atoms with E-state index in [1.807, 2.05) is 6.08 Å². The molecule has 18 heavy (non-hydrogen) atoms. The second-order valence-corrected chi connectivity index (χ2v) is 5.19. The summed E-state index contributed by atoms with van der Waals surface area (Å²) in [5.74, 6) is 0. The first-order valence-electron chi connectivity index (χ1n) is 6.96. The average Bonchev–Trinajstić information content (AvgIpc) is 2.41. The SMILES string of the molecule is C=CCC(C)NC1CCN(c2ccccc2)CC1. The first-order valence-corrected chi connectivity index (χ1v) is 6.96. The van der Waals surface area contributed by atoms with Crippen molar-refractivity contribution in [1.82, 2.24) is 5.32 Å². The van der Waals surface area contributed by atoms with Gasteiger partial charge in [-0.15, -0.1) is 6.58 Å². The number of nitrogens with zero attached hydrogens (tertiary/aromatic N) is 1. The monoisotopic (exact) mass is 244 g/mol. The summed E-state index contributed by atoms with van der Waals surface area (Å²) in [5, 5.41) is 3.69. The van der Waals surface area contributed by atoms with E-state index in [1.165, 1.54) is 18.5 Å². The van der Waals surface area contributed by atoms with E-state index in [0.29, 0.717) is 12.1 Å². The third kappa shape index (κ3) is 3.61. The van der Waals surface area contributed by atoms with Crippen molar-refractivity contribution < 1.29 is 0 Å². The predicted molar refractivity (Wildman–Crippen MR) is 79.1 cm³/mol. The molecule has 0 spiro atoms. The van der Waals surface area contributed by atoms with Gasteiger partial charge in [0.1, 0.15) is 0 Å². The lowest BCUT2D eigenvalue weighted by Gasteiger charge is -2.35. The van der Waals surface area contributed by atoms with Gasteiger partial charge in [-0.3, -0.25) is 0 Å². The lowest BCUT2D eigenvalue weighted by molar-refractivity contribution is 0.377. The standard InChI is InChI=1S/C16H24N2/c1-3-7-14(2)17-15-10-12-18(13-11-15)16-8-5-4-6-9-16/h3-6,8-9,14-15,17H,1,7,10-13H2,2H3. The number of piperidine rings is 1. The molecular weight excluding hydrogens is 220 g/mol. The third-order valence-electron chi connectivity index (χ3n) is 3.66. The largest absolute Gasteiger partial charge is 0.371 e. The van der Waals surface area contributed by atoms with Crippen LogP contribution in [0.15, 0.2) is 43.0 Å². The Morgan fingerprint density at radius 1 is 1.33 bits per heavy atom. The Morgan fingerprint density at radius 2 is 2.00 bits per heavy atom. The summed E-state index contributed by atoms with van der Waals surface area (Å²) in [7, 11) is 0. The summed E-state index contributed by atoms with van der Waals surface area (Å²) in [4.78, 5) is 2.48. The van der Waals surface area contributed by atoms with E-state index in [-0.39, 0.29) is 0 Å². The van der Waals surface area contributed by atoms with Crippen LogP contribution in [-0.2, 0) is 0 Å². The molecule has 1 fully saturated rings. The summed E-state index contributed by atoms with van der Waals surface area (Å²) in [6.45, 7) is 8.35. The average molecular weight is 244 g/mol. The number of hydrogen-bond donors (Lipinski definition) is 1. The van der Waals surface area contributed by atoms with Crippen LogP contribution in [0.2, 0.25) is 0 Å². The Labute approximate surface area is 111 Å². The smallest absolute Gasteiger partial charge is 0.0366 e. The summed E-state index contributed by atoms with van der Waals surface area (Å²) in [6, 6.07) is 11.9. The second-order valence-electron chi connectivity index (χ2n) is 5.19. The van der Waals surface area contributed by atoms with Gasteiger partial charge in [-0.05, 0) is 38.3 Å². The highest BCUT2D eigenvalue weighted by Crippen LogP contribution is 2.19. The van der Waals surface area contributed by atoms with E-state index in [9.17, 15) is 0 Å². The van der Waals surface area contributed by atoms with Gasteiger partial charge in [-0.2, -0.15) is 0 Å². The van der Waals surface area contributed by atoms with E-state index >= 15 is 0 Å². The highest BCUT2D eigenvalue weighted by atomic mass is 15.1. The summed E-state index contributed by atoms with van der Waals surface area (Å²) in [5.41, 5.74) is 1.36. The fourth-order valence-corrected chi connectivity index (χ4v) is 2.66. The summed E-state index contributed by atoms with van der Waals surface area (Å²) < 4.78 is 0. The molecule has 1 heterocycles. The molecule has 2 rings (SSSR count). The van der Waals surface area contributed by atoms with Gasteiger partial charge < -0.3 is 10.2 Å². The molecular formula is C16H24N2. The van der Waals surface area contributed by atoms with Crippen molar-refractivity contribution in [2.45, 2.75) is 38.3 Å². The number of anilines is 1. The molecule has 1 aliphatic rings. The molecule has 1 unspecified atom stereocenters. The van der Waals surface area contributed by atoms with Crippen LogP contribution in [0.5, 0.6) is 0 Å². The van der Waals surface area contributed by atoms with Crippen LogP contribution in [0.1, 0.15) is 26.2 Å². The number of benzene rings is 1. The zero-order chi connectivity index (χ0) is 12.8. The quantitative estimate of drug-likeness (QED) is 0.800. The van der Waals surface area contributed by atoms with E-state index in [1.54, 1.807) is 0 Å². The molecule has 0 aliphatic carbocycles. The highest BCUT2D eigenvalue weighted by molar-refractivity contribution is 5.46. The van der Waals surface area contributed by atoms with Crippen molar-refractivity contribution >= 4 is 5.69 Å². The molecule has 0 bridgehead atoms. The highest BCUT2D eigenvalue weighted by Gasteiger charge is 2.19. The Hall–Kier alpha value is -1.28.